The van der Waals surface area contributed by atoms with Crippen molar-refractivity contribution in [3.8, 4) is 0 Å². The van der Waals surface area contributed by atoms with Crippen LogP contribution < -0.4 is 5.73 Å². The van der Waals surface area contributed by atoms with Gasteiger partial charge in [-0.3, -0.25) is 4.79 Å². The van der Waals surface area contributed by atoms with Crippen molar-refractivity contribution < 1.29 is 22.7 Å². The summed E-state index contributed by atoms with van der Waals surface area (Å²) in [5.74, 6) is -1.55. The molecule has 0 bridgehead atoms. The van der Waals surface area contributed by atoms with E-state index in [0.717, 1.165) is 12.8 Å². The molecule has 2 aromatic rings. The molecule has 0 saturated carbocycles. The van der Waals surface area contributed by atoms with Crippen molar-refractivity contribution in [2.45, 2.75) is 23.8 Å². The van der Waals surface area contributed by atoms with Gasteiger partial charge in [0.05, 0.1) is 10.5 Å². The molecule has 2 aromatic carbocycles. The Balaban J connectivity index is 1.76. The summed E-state index contributed by atoms with van der Waals surface area (Å²) >= 11 is 0. The summed E-state index contributed by atoms with van der Waals surface area (Å²) in [5, 5.41) is 0. The average Bonchev–Trinajstić information content (AvgIpc) is 3.22. The van der Waals surface area contributed by atoms with Gasteiger partial charge in [-0.2, -0.15) is 4.31 Å². The fraction of sp³-hybridized carbons (Fsp3) is 0.263. The minimum Gasteiger partial charge on any atom is -0.444 e. The molecule has 1 aliphatic heterocycles. The molecule has 1 amide bonds. The summed E-state index contributed by atoms with van der Waals surface area (Å²) in [4.78, 5) is 24.1. The molecule has 0 spiro atoms. The van der Waals surface area contributed by atoms with Crippen LogP contribution in [0.2, 0.25) is 0 Å². The molecular formula is C19H20N2O5S. The number of nitrogens with zero attached hydrogens (tertiary/aromatic N) is 1. The molecule has 1 heterocycles. The number of rotatable bonds is 6. The Bertz CT molecular complexity index is 920. The van der Waals surface area contributed by atoms with E-state index in [1.807, 2.05) is 0 Å². The first kappa shape index (κ1) is 19.1. The third-order valence-corrected chi connectivity index (χ3v) is 6.29. The molecule has 2 N–H and O–H groups in total. The van der Waals surface area contributed by atoms with Gasteiger partial charge in [0.25, 0.3) is 5.91 Å². The maximum atomic E-state index is 12.5. The normalized spacial score (nSPS) is 16.0. The van der Waals surface area contributed by atoms with Crippen LogP contribution in [0.3, 0.4) is 0 Å². The minimum absolute atomic E-state index is 0.121. The first-order chi connectivity index (χ1) is 12.9. The number of esters is 1. The Morgan fingerprint density at radius 2 is 1.56 bits per heavy atom. The van der Waals surface area contributed by atoms with E-state index in [0.29, 0.717) is 18.7 Å². The third kappa shape index (κ3) is 4.17. The van der Waals surface area contributed by atoms with Crippen molar-refractivity contribution in [3.63, 3.8) is 0 Å². The molecule has 3 rings (SSSR count). The molecule has 7 nitrogen and oxygen atoms in total. The fourth-order valence-corrected chi connectivity index (χ4v) is 4.45. The lowest BCUT2D eigenvalue weighted by molar-refractivity contribution is -0.127. The number of hydrogen-bond acceptors (Lipinski definition) is 5. The second kappa shape index (κ2) is 7.89. The molecule has 1 aliphatic rings. The number of amides is 1. The summed E-state index contributed by atoms with van der Waals surface area (Å²) in [6.07, 6.45) is 0.474. The predicted molar refractivity (Wildman–Crippen MR) is 98.2 cm³/mol. The quantitative estimate of drug-likeness (QED) is 0.760. The zero-order valence-corrected chi connectivity index (χ0v) is 15.4. The van der Waals surface area contributed by atoms with Crippen molar-refractivity contribution in [1.29, 1.82) is 0 Å². The first-order valence-corrected chi connectivity index (χ1v) is 9.99. The minimum atomic E-state index is -3.55. The van der Waals surface area contributed by atoms with Gasteiger partial charge in [0.2, 0.25) is 16.1 Å². The first-order valence-electron chi connectivity index (χ1n) is 8.55. The Morgan fingerprint density at radius 3 is 2.11 bits per heavy atom. The van der Waals surface area contributed by atoms with Gasteiger partial charge < -0.3 is 10.5 Å². The lowest BCUT2D eigenvalue weighted by atomic mass is 10.1. The predicted octanol–water partition coefficient (Wildman–Crippen LogP) is 1.85. The highest BCUT2D eigenvalue weighted by molar-refractivity contribution is 7.89. The summed E-state index contributed by atoms with van der Waals surface area (Å²) in [7, 11) is -3.55. The fourth-order valence-electron chi connectivity index (χ4n) is 2.93. The maximum Gasteiger partial charge on any atom is 0.339 e. The van der Waals surface area contributed by atoms with E-state index in [1.54, 1.807) is 30.3 Å². The summed E-state index contributed by atoms with van der Waals surface area (Å²) in [6, 6.07) is 13.9. The van der Waals surface area contributed by atoms with Crippen LogP contribution in [0.4, 0.5) is 0 Å². The second-order valence-corrected chi connectivity index (χ2v) is 8.17. The van der Waals surface area contributed by atoms with Crippen LogP contribution in [0.5, 0.6) is 0 Å². The van der Waals surface area contributed by atoms with Crippen LogP contribution in [0.15, 0.2) is 59.5 Å². The number of ether oxygens (including phenoxy) is 1. The van der Waals surface area contributed by atoms with Crippen LogP contribution in [0.1, 0.15) is 34.9 Å². The topological polar surface area (TPSA) is 107 Å². The molecular weight excluding hydrogens is 368 g/mol. The van der Waals surface area contributed by atoms with Gasteiger partial charge in [-0.1, -0.05) is 30.3 Å². The number of benzene rings is 2. The van der Waals surface area contributed by atoms with E-state index in [4.69, 9.17) is 10.5 Å². The van der Waals surface area contributed by atoms with Gasteiger partial charge in [0.15, 0.2) is 0 Å². The van der Waals surface area contributed by atoms with E-state index >= 15 is 0 Å². The smallest absolute Gasteiger partial charge is 0.339 e. The zero-order chi connectivity index (χ0) is 19.4. The Morgan fingerprint density at radius 1 is 0.963 bits per heavy atom. The Labute approximate surface area is 157 Å². The summed E-state index contributed by atoms with van der Waals surface area (Å²) in [5.41, 5.74) is 5.95. The average molecular weight is 388 g/mol. The van der Waals surface area contributed by atoms with Gasteiger partial charge in [0, 0.05) is 18.7 Å². The number of carbonyl (C=O) groups is 2. The molecule has 1 atom stereocenters. The van der Waals surface area contributed by atoms with E-state index in [9.17, 15) is 18.0 Å². The van der Waals surface area contributed by atoms with Crippen molar-refractivity contribution in [3.05, 3.63) is 65.7 Å². The number of hydrogen-bond donors (Lipinski definition) is 1. The molecule has 27 heavy (non-hydrogen) atoms. The standard InChI is InChI=1S/C19H20N2O5S/c20-18(22)17(14-6-2-1-3-7-14)26-19(23)15-8-10-16(11-9-15)27(24,25)21-12-4-5-13-21/h1-3,6-11,17H,4-5,12-13H2,(H2,20,22)/t17-/m1/s1. The highest BCUT2D eigenvalue weighted by Crippen LogP contribution is 2.23. The number of nitrogens with two attached hydrogens (primary N) is 1. The van der Waals surface area contributed by atoms with Crippen molar-refractivity contribution in [2.24, 2.45) is 5.73 Å². The summed E-state index contributed by atoms with van der Waals surface area (Å²) < 4.78 is 31.7. The van der Waals surface area contributed by atoms with E-state index in [1.165, 1.54) is 28.6 Å². The highest BCUT2D eigenvalue weighted by atomic mass is 32.2. The van der Waals surface area contributed by atoms with Crippen LogP contribution in [0, 0.1) is 0 Å². The Hall–Kier alpha value is -2.71. The highest BCUT2D eigenvalue weighted by Gasteiger charge is 2.28. The third-order valence-electron chi connectivity index (χ3n) is 4.38. The van der Waals surface area contributed by atoms with Gasteiger partial charge >= 0.3 is 5.97 Å². The number of primary amides is 1. The van der Waals surface area contributed by atoms with Crippen molar-refractivity contribution in [2.75, 3.05) is 13.1 Å². The van der Waals surface area contributed by atoms with Gasteiger partial charge in [-0.15, -0.1) is 0 Å². The van der Waals surface area contributed by atoms with E-state index in [-0.39, 0.29) is 10.5 Å². The number of carbonyl (C=O) groups excluding carboxylic acids is 2. The molecule has 142 valence electrons. The second-order valence-electron chi connectivity index (χ2n) is 6.23. The monoisotopic (exact) mass is 388 g/mol. The zero-order valence-electron chi connectivity index (χ0n) is 14.6. The molecule has 8 heteroatoms. The van der Waals surface area contributed by atoms with Crippen LogP contribution in [0.25, 0.3) is 0 Å². The molecule has 0 aromatic heterocycles. The largest absolute Gasteiger partial charge is 0.444 e. The Kier molecular flexibility index (Phi) is 5.57. The SMILES string of the molecule is NC(=O)[C@H](OC(=O)c1ccc(S(=O)(=O)N2CCCC2)cc1)c1ccccc1. The van der Waals surface area contributed by atoms with Crippen molar-refractivity contribution in [1.82, 2.24) is 4.31 Å². The number of sulfonamides is 1. The lowest BCUT2D eigenvalue weighted by Crippen LogP contribution is -2.28. The van der Waals surface area contributed by atoms with Crippen LogP contribution in [-0.4, -0.2) is 37.7 Å². The molecule has 1 saturated heterocycles. The van der Waals surface area contributed by atoms with Crippen LogP contribution in [-0.2, 0) is 19.6 Å². The molecule has 0 unspecified atom stereocenters. The molecule has 1 fully saturated rings. The lowest BCUT2D eigenvalue weighted by Gasteiger charge is -2.16. The van der Waals surface area contributed by atoms with Crippen LogP contribution >= 0.6 is 0 Å². The summed E-state index contributed by atoms with van der Waals surface area (Å²) in [6.45, 7) is 1.01. The van der Waals surface area contributed by atoms with E-state index in [2.05, 4.69) is 0 Å². The van der Waals surface area contributed by atoms with Crippen molar-refractivity contribution >= 4 is 21.9 Å². The maximum absolute atomic E-state index is 12.5. The van der Waals surface area contributed by atoms with E-state index < -0.39 is 28.0 Å². The van der Waals surface area contributed by atoms with Gasteiger partial charge in [-0.25, -0.2) is 13.2 Å². The molecule has 0 aliphatic carbocycles. The molecule has 0 radical (unpaired) electrons. The van der Waals surface area contributed by atoms with Gasteiger partial charge in [-0.05, 0) is 37.1 Å². The van der Waals surface area contributed by atoms with Gasteiger partial charge in [0.1, 0.15) is 0 Å².